The lowest BCUT2D eigenvalue weighted by atomic mass is 9.73. The van der Waals surface area contributed by atoms with E-state index in [1.165, 1.54) is 128 Å². The molecule has 2 unspecified atom stereocenters. The smallest absolute Gasteiger partial charge is 0.159 e. The van der Waals surface area contributed by atoms with Crippen LogP contribution >= 0.6 is 34.0 Å². The van der Waals surface area contributed by atoms with E-state index >= 15 is 0 Å². The lowest BCUT2D eigenvalue weighted by molar-refractivity contribution is 0.669. The van der Waals surface area contributed by atoms with Crippen LogP contribution in [-0.4, -0.2) is 0 Å². The van der Waals surface area contributed by atoms with E-state index in [1.807, 2.05) is 34.0 Å². The minimum absolute atomic E-state index is 0.638. The maximum atomic E-state index is 7.08. The Morgan fingerprint density at radius 1 is 0.205 bits per heavy atom. The topological polar surface area (TPSA) is 26.1 Å². The number of furan rings is 1. The standard InChI is InChI=1S/C114H70N4OS3/c1-6-28-73(29-7-1)115(74-30-8-2-9-31-74)79-59-64-91-99(67-79)113(111-107(91)93-41-19-24-50-104(93)121-111)95-45-21-16-38-83(95)85-62-57-81(69-97(85)113)117(101-47-26-43-89-87-40-18-23-49-103(87)119-109(89)101)78-55-52-71(53-56-78)72-54-61-88-90-44-27-48-102(110(90)120-106(88)66-72)118(77-36-14-5-15-37-77)82-58-63-86-84-39-17-22-46-96(84)114(98(86)70-82)100-68-80(116(75-32-10-3-11-33-75)76-34-12-4-13-35-76)60-65-92(100)108-94-42-20-25-51-105(94)122-112(108)114/h1-70H. The molecule has 2 spiro atoms. The van der Waals surface area contributed by atoms with Gasteiger partial charge in [0.25, 0.3) is 0 Å². The first kappa shape index (κ1) is 69.1. The van der Waals surface area contributed by atoms with Gasteiger partial charge < -0.3 is 24.0 Å². The van der Waals surface area contributed by atoms with Crippen molar-refractivity contribution >= 4 is 165 Å². The van der Waals surface area contributed by atoms with E-state index in [2.05, 4.69) is 444 Å². The summed E-state index contributed by atoms with van der Waals surface area (Å²) in [5.41, 5.74) is 33.6. The molecule has 570 valence electrons. The number of hydrogen-bond donors (Lipinski definition) is 0. The van der Waals surface area contributed by atoms with Gasteiger partial charge in [0, 0.05) is 124 Å². The molecule has 4 aliphatic rings. The van der Waals surface area contributed by atoms with Crippen LogP contribution in [0.4, 0.5) is 68.2 Å². The van der Waals surface area contributed by atoms with Crippen molar-refractivity contribution in [2.24, 2.45) is 0 Å². The van der Waals surface area contributed by atoms with E-state index in [0.717, 1.165) is 101 Å². The molecule has 4 heterocycles. The average molecular weight is 1610 g/mol. The Labute approximate surface area is 717 Å². The van der Waals surface area contributed by atoms with Gasteiger partial charge in [-0.3, -0.25) is 0 Å². The maximum absolute atomic E-state index is 7.08. The summed E-state index contributed by atoms with van der Waals surface area (Å²) in [6.45, 7) is 0. The molecule has 0 saturated carbocycles. The summed E-state index contributed by atoms with van der Waals surface area (Å²) < 4.78 is 12.1. The zero-order chi connectivity index (χ0) is 79.9. The zero-order valence-electron chi connectivity index (χ0n) is 65.8. The molecule has 0 aliphatic heterocycles. The van der Waals surface area contributed by atoms with Crippen molar-refractivity contribution in [2.45, 2.75) is 10.8 Å². The second-order valence-electron chi connectivity index (χ2n) is 32.4. The lowest BCUT2D eigenvalue weighted by Crippen LogP contribution is -2.25. The largest absolute Gasteiger partial charge is 0.454 e. The summed E-state index contributed by atoms with van der Waals surface area (Å²) in [5.74, 6) is 0. The quantitative estimate of drug-likeness (QED) is 0.115. The minimum Gasteiger partial charge on any atom is -0.454 e. The Kier molecular flexibility index (Phi) is 15.2. The van der Waals surface area contributed by atoms with Crippen molar-refractivity contribution in [3.05, 3.63) is 468 Å². The average Bonchev–Trinajstić information content (AvgIpc) is 1.50. The fourth-order valence-corrected chi connectivity index (χ4v) is 25.3. The molecule has 0 bridgehead atoms. The number of fused-ring (bicyclic) bond motifs is 30. The molecule has 2 atom stereocenters. The van der Waals surface area contributed by atoms with Crippen LogP contribution in [0.1, 0.15) is 43.1 Å². The monoisotopic (exact) mass is 1610 g/mol. The van der Waals surface area contributed by atoms with E-state index < -0.39 is 10.8 Å². The van der Waals surface area contributed by atoms with E-state index in [9.17, 15) is 0 Å². The van der Waals surface area contributed by atoms with Gasteiger partial charge in [-0.25, -0.2) is 0 Å². The molecular weight excluding hydrogens is 1540 g/mol. The zero-order valence-corrected chi connectivity index (χ0v) is 68.3. The molecule has 18 aromatic carbocycles. The van der Waals surface area contributed by atoms with Gasteiger partial charge in [-0.05, 0) is 236 Å². The number of para-hydroxylation sites is 7. The number of thiophene rings is 3. The molecule has 0 N–H and O–H groups in total. The van der Waals surface area contributed by atoms with Crippen molar-refractivity contribution in [1.82, 2.24) is 0 Å². The molecule has 0 saturated heterocycles. The summed E-state index contributed by atoms with van der Waals surface area (Å²) in [7, 11) is 0. The van der Waals surface area contributed by atoms with E-state index in [-0.39, 0.29) is 0 Å². The number of nitrogens with zero attached hydrogens (tertiary/aromatic N) is 4. The summed E-state index contributed by atoms with van der Waals surface area (Å²) >= 11 is 5.78. The highest BCUT2D eigenvalue weighted by molar-refractivity contribution is 7.26. The molecule has 0 amide bonds. The van der Waals surface area contributed by atoms with E-state index in [0.29, 0.717) is 0 Å². The van der Waals surface area contributed by atoms with Gasteiger partial charge in [0.15, 0.2) is 5.58 Å². The van der Waals surface area contributed by atoms with Crippen LogP contribution in [0.2, 0.25) is 0 Å². The van der Waals surface area contributed by atoms with Crippen molar-refractivity contribution in [3.63, 3.8) is 0 Å². The van der Waals surface area contributed by atoms with Crippen LogP contribution in [0.3, 0.4) is 0 Å². The second-order valence-corrected chi connectivity index (χ2v) is 35.6. The molecule has 8 heteroatoms. The highest BCUT2D eigenvalue weighted by Crippen LogP contribution is 2.70. The summed E-state index contributed by atoms with van der Waals surface area (Å²) in [5, 5.41) is 7.20. The third-order valence-corrected chi connectivity index (χ3v) is 30.0. The van der Waals surface area contributed by atoms with Crippen LogP contribution < -0.4 is 19.6 Å². The first-order valence-electron chi connectivity index (χ1n) is 41.8. The van der Waals surface area contributed by atoms with E-state index in [1.54, 1.807) is 0 Å². The fourth-order valence-electron chi connectivity index (χ4n) is 21.2. The SMILES string of the molecule is c1ccc(N(c2ccccc2)c2ccc3c(c2)C2(c4ccccc4-c4ccc(N(c5ccc(-c6ccc7c(c6)sc6c(N(c8ccccc8)c8ccc9c(c8)C8(c%10ccccc%10-9)c9cc(N(c%10ccccc%10)c%10ccccc%10)ccc9-c9c8sc8ccccc98)cccc67)cc5)c5cccc6c5oc5ccccc56)cc42)c2sc4ccccc4c2-3)cc1. The van der Waals surface area contributed by atoms with Crippen molar-refractivity contribution in [2.75, 3.05) is 19.6 Å². The minimum atomic E-state index is -0.675. The molecular formula is C114H70N4OS3. The van der Waals surface area contributed by atoms with Gasteiger partial charge in [-0.1, -0.05) is 267 Å². The van der Waals surface area contributed by atoms with Crippen molar-refractivity contribution in [1.29, 1.82) is 0 Å². The number of hydrogen-bond acceptors (Lipinski definition) is 8. The van der Waals surface area contributed by atoms with Crippen LogP contribution in [0.25, 0.3) is 118 Å². The summed E-state index contributed by atoms with van der Waals surface area (Å²) in [4.78, 5) is 12.5. The third-order valence-electron chi connectivity index (χ3n) is 26.2. The third kappa shape index (κ3) is 9.90. The summed E-state index contributed by atoms with van der Waals surface area (Å²) in [6.07, 6.45) is 0. The first-order chi connectivity index (χ1) is 60.5. The van der Waals surface area contributed by atoms with Crippen molar-refractivity contribution in [3.8, 4) is 55.6 Å². The Hall–Kier alpha value is -14.9. The van der Waals surface area contributed by atoms with E-state index in [4.69, 9.17) is 4.42 Å². The molecule has 0 fully saturated rings. The normalized spacial score (nSPS) is 14.8. The Balaban J connectivity index is 0.614. The predicted molar refractivity (Wildman–Crippen MR) is 514 cm³/mol. The van der Waals surface area contributed by atoms with Gasteiger partial charge in [0.1, 0.15) is 5.58 Å². The van der Waals surface area contributed by atoms with Gasteiger partial charge in [0.2, 0.25) is 0 Å². The number of rotatable bonds is 13. The van der Waals surface area contributed by atoms with Gasteiger partial charge in [-0.2, -0.15) is 0 Å². The molecule has 122 heavy (non-hydrogen) atoms. The number of anilines is 12. The summed E-state index contributed by atoms with van der Waals surface area (Å²) in [6, 6.07) is 158. The Bertz CT molecular complexity index is 7970. The fraction of sp³-hybridized carbons (Fsp3) is 0.0175. The molecule has 22 aromatic rings. The molecule has 4 aromatic heterocycles. The molecule has 0 radical (unpaired) electrons. The van der Waals surface area contributed by atoms with Gasteiger partial charge in [-0.15, -0.1) is 34.0 Å². The lowest BCUT2D eigenvalue weighted by Gasteiger charge is -2.32. The highest BCUT2D eigenvalue weighted by Gasteiger charge is 2.56. The van der Waals surface area contributed by atoms with Crippen LogP contribution in [-0.2, 0) is 10.8 Å². The second kappa shape index (κ2) is 26.8. The van der Waals surface area contributed by atoms with Crippen LogP contribution in [0.5, 0.6) is 0 Å². The van der Waals surface area contributed by atoms with Crippen LogP contribution in [0, 0.1) is 0 Å². The van der Waals surface area contributed by atoms with Gasteiger partial charge in [0.05, 0.1) is 26.9 Å². The van der Waals surface area contributed by atoms with Gasteiger partial charge >= 0.3 is 0 Å². The molecule has 26 rings (SSSR count). The maximum Gasteiger partial charge on any atom is 0.159 e. The number of benzene rings is 18. The predicted octanol–water partition coefficient (Wildman–Crippen LogP) is 32.6. The highest BCUT2D eigenvalue weighted by atomic mass is 32.1. The van der Waals surface area contributed by atoms with Crippen LogP contribution in [0.15, 0.2) is 429 Å². The molecule has 4 aliphatic carbocycles. The Morgan fingerprint density at radius 2 is 0.566 bits per heavy atom. The molecule has 5 nitrogen and oxygen atoms in total. The Morgan fingerprint density at radius 3 is 1.07 bits per heavy atom. The first-order valence-corrected chi connectivity index (χ1v) is 44.2. The van der Waals surface area contributed by atoms with Crippen molar-refractivity contribution < 1.29 is 4.42 Å².